The van der Waals surface area contributed by atoms with Crippen molar-refractivity contribution in [1.29, 1.82) is 0 Å². The summed E-state index contributed by atoms with van der Waals surface area (Å²) >= 11 is 6.13. The Kier molecular flexibility index (Phi) is 5.80. The molecule has 0 unspecified atom stereocenters. The van der Waals surface area contributed by atoms with E-state index in [1.165, 1.54) is 0 Å². The van der Waals surface area contributed by atoms with E-state index in [4.69, 9.17) is 25.8 Å². The molecule has 136 valence electrons. The predicted molar refractivity (Wildman–Crippen MR) is 96.0 cm³/mol. The number of halogens is 1. The highest BCUT2D eigenvalue weighted by atomic mass is 35.5. The van der Waals surface area contributed by atoms with E-state index in [1.54, 1.807) is 36.4 Å². The van der Waals surface area contributed by atoms with Gasteiger partial charge in [-0.15, -0.1) is 0 Å². The topological polar surface area (TPSA) is 85.9 Å². The first-order chi connectivity index (χ1) is 12.6. The number of nitrogens with one attached hydrogen (secondary N) is 2. The number of amides is 2. The minimum absolute atomic E-state index is 0.178. The molecular weight excluding hydrogens is 360 g/mol. The van der Waals surface area contributed by atoms with Gasteiger partial charge >= 0.3 is 0 Å². The van der Waals surface area contributed by atoms with Gasteiger partial charge in [-0.05, 0) is 12.1 Å². The van der Waals surface area contributed by atoms with Gasteiger partial charge in [-0.25, -0.2) is 0 Å². The maximum Gasteiger partial charge on any atom is 0.258 e. The second-order valence-electron chi connectivity index (χ2n) is 5.40. The second kappa shape index (κ2) is 8.44. The Morgan fingerprint density at radius 3 is 2.46 bits per heavy atom. The Bertz CT molecular complexity index is 798. The molecule has 0 aliphatic carbocycles. The zero-order valence-corrected chi connectivity index (χ0v) is 14.5. The van der Waals surface area contributed by atoms with Crippen LogP contribution in [0.5, 0.6) is 17.2 Å². The number of ether oxygens (including phenoxy) is 3. The van der Waals surface area contributed by atoms with E-state index < -0.39 is 11.8 Å². The molecule has 0 fully saturated rings. The van der Waals surface area contributed by atoms with Crippen LogP contribution < -0.4 is 24.8 Å². The van der Waals surface area contributed by atoms with Crippen LogP contribution in [0.1, 0.15) is 0 Å². The maximum atomic E-state index is 12.0. The fourth-order valence-corrected chi connectivity index (χ4v) is 2.45. The Morgan fingerprint density at radius 2 is 1.73 bits per heavy atom. The molecule has 1 heterocycles. The largest absolute Gasteiger partial charge is 0.486 e. The molecule has 8 heteroatoms. The van der Waals surface area contributed by atoms with Gasteiger partial charge in [0.1, 0.15) is 19.0 Å². The highest BCUT2D eigenvalue weighted by molar-refractivity contribution is 6.34. The number of para-hydroxylation sites is 1. The monoisotopic (exact) mass is 376 g/mol. The van der Waals surface area contributed by atoms with Gasteiger partial charge in [-0.1, -0.05) is 29.8 Å². The summed E-state index contributed by atoms with van der Waals surface area (Å²) in [5.41, 5.74) is 0.385. The standard InChI is InChI=1S/C18H17ClN2O5/c19-13-8-15-16(25-7-6-24-15)9-14(13)21-17(22)10-20-18(23)11-26-12-4-2-1-3-5-12/h1-5,8-9H,6-7,10-11H2,(H,20,23)(H,21,22). The van der Waals surface area contributed by atoms with Gasteiger partial charge in [0.25, 0.3) is 5.91 Å². The molecule has 0 radical (unpaired) electrons. The van der Waals surface area contributed by atoms with Crippen LogP contribution in [-0.2, 0) is 9.59 Å². The fourth-order valence-electron chi connectivity index (χ4n) is 2.25. The molecule has 0 aromatic heterocycles. The number of anilines is 1. The van der Waals surface area contributed by atoms with Crippen molar-refractivity contribution in [1.82, 2.24) is 5.32 Å². The first-order valence-corrected chi connectivity index (χ1v) is 8.33. The summed E-state index contributed by atoms with van der Waals surface area (Å²) in [4.78, 5) is 23.8. The Hall–Kier alpha value is -2.93. The second-order valence-corrected chi connectivity index (χ2v) is 5.81. The van der Waals surface area contributed by atoms with Crippen molar-refractivity contribution in [3.05, 3.63) is 47.5 Å². The third-order valence-electron chi connectivity index (χ3n) is 3.47. The highest BCUT2D eigenvalue weighted by Gasteiger charge is 2.16. The molecule has 2 N–H and O–H groups in total. The molecular formula is C18H17ClN2O5. The maximum absolute atomic E-state index is 12.0. The molecule has 0 atom stereocenters. The molecule has 2 amide bonds. The average Bonchev–Trinajstić information content (AvgIpc) is 2.66. The number of carbonyl (C=O) groups is 2. The van der Waals surface area contributed by atoms with Crippen LogP contribution in [0.25, 0.3) is 0 Å². The minimum atomic E-state index is -0.420. The first kappa shape index (κ1) is 17.9. The lowest BCUT2D eigenvalue weighted by molar-refractivity contribution is -0.125. The number of rotatable bonds is 6. The Labute approximate surface area is 155 Å². The van der Waals surface area contributed by atoms with Crippen molar-refractivity contribution < 1.29 is 23.8 Å². The first-order valence-electron chi connectivity index (χ1n) is 7.95. The summed E-state index contributed by atoms with van der Waals surface area (Å²) < 4.78 is 16.2. The van der Waals surface area contributed by atoms with Crippen LogP contribution in [0, 0.1) is 0 Å². The molecule has 0 spiro atoms. The van der Waals surface area contributed by atoms with Crippen LogP contribution in [0.2, 0.25) is 5.02 Å². The van der Waals surface area contributed by atoms with E-state index in [9.17, 15) is 9.59 Å². The number of benzene rings is 2. The predicted octanol–water partition coefficient (Wildman–Crippen LogP) is 2.24. The summed E-state index contributed by atoms with van der Waals surface area (Å²) in [6.45, 7) is 0.495. The molecule has 2 aromatic rings. The summed E-state index contributed by atoms with van der Waals surface area (Å²) in [5, 5.41) is 5.43. The molecule has 0 saturated heterocycles. The van der Waals surface area contributed by atoms with E-state index in [0.29, 0.717) is 41.2 Å². The normalized spacial score (nSPS) is 12.2. The SMILES string of the molecule is O=C(COc1ccccc1)NCC(=O)Nc1cc2c(cc1Cl)OCCO2. The van der Waals surface area contributed by atoms with Gasteiger partial charge < -0.3 is 24.8 Å². The van der Waals surface area contributed by atoms with Crippen molar-refractivity contribution in [2.45, 2.75) is 0 Å². The summed E-state index contributed by atoms with van der Waals surface area (Å²) in [6, 6.07) is 12.1. The van der Waals surface area contributed by atoms with Gasteiger partial charge in [0.2, 0.25) is 5.91 Å². The van der Waals surface area contributed by atoms with Crippen molar-refractivity contribution in [3.63, 3.8) is 0 Å². The van der Waals surface area contributed by atoms with E-state index >= 15 is 0 Å². The van der Waals surface area contributed by atoms with Gasteiger partial charge in [-0.2, -0.15) is 0 Å². The van der Waals surface area contributed by atoms with E-state index in [0.717, 1.165) is 0 Å². The quantitative estimate of drug-likeness (QED) is 0.807. The molecule has 3 rings (SSSR count). The zero-order chi connectivity index (χ0) is 18.4. The molecule has 2 aromatic carbocycles. The number of carbonyl (C=O) groups excluding carboxylic acids is 2. The zero-order valence-electron chi connectivity index (χ0n) is 13.8. The minimum Gasteiger partial charge on any atom is -0.486 e. The third-order valence-corrected chi connectivity index (χ3v) is 3.78. The van der Waals surface area contributed by atoms with Crippen LogP contribution in [-0.4, -0.2) is 38.2 Å². The smallest absolute Gasteiger partial charge is 0.258 e. The van der Waals surface area contributed by atoms with Crippen LogP contribution >= 0.6 is 11.6 Å². The lowest BCUT2D eigenvalue weighted by Crippen LogP contribution is -2.35. The van der Waals surface area contributed by atoms with E-state index in [2.05, 4.69) is 10.6 Å². The van der Waals surface area contributed by atoms with Gasteiger partial charge in [0.15, 0.2) is 18.1 Å². The lowest BCUT2D eigenvalue weighted by Gasteiger charge is -2.20. The van der Waals surface area contributed by atoms with Gasteiger partial charge in [-0.3, -0.25) is 9.59 Å². The summed E-state index contributed by atoms with van der Waals surface area (Å²) in [6.07, 6.45) is 0. The van der Waals surface area contributed by atoms with Crippen LogP contribution in [0.15, 0.2) is 42.5 Å². The highest BCUT2D eigenvalue weighted by Crippen LogP contribution is 2.37. The molecule has 7 nitrogen and oxygen atoms in total. The van der Waals surface area contributed by atoms with Crippen molar-refractivity contribution in [2.75, 3.05) is 31.7 Å². The van der Waals surface area contributed by atoms with Gasteiger partial charge in [0.05, 0.1) is 17.3 Å². The number of hydrogen-bond donors (Lipinski definition) is 2. The third kappa shape index (κ3) is 4.80. The van der Waals surface area contributed by atoms with Gasteiger partial charge in [0, 0.05) is 12.1 Å². The van der Waals surface area contributed by atoms with E-state index in [1.807, 2.05) is 6.07 Å². The van der Waals surface area contributed by atoms with Crippen LogP contribution in [0.3, 0.4) is 0 Å². The summed E-state index contributed by atoms with van der Waals surface area (Å²) in [5.74, 6) is 0.797. The Morgan fingerprint density at radius 1 is 1.04 bits per heavy atom. The molecule has 0 saturated carbocycles. The summed E-state index contributed by atoms with van der Waals surface area (Å²) in [7, 11) is 0. The fraction of sp³-hybridized carbons (Fsp3) is 0.222. The Balaban J connectivity index is 1.47. The van der Waals surface area contributed by atoms with Crippen molar-refractivity contribution in [3.8, 4) is 17.2 Å². The van der Waals surface area contributed by atoms with E-state index in [-0.39, 0.29) is 13.2 Å². The van der Waals surface area contributed by atoms with Crippen molar-refractivity contribution in [2.24, 2.45) is 0 Å². The van der Waals surface area contributed by atoms with Crippen molar-refractivity contribution >= 4 is 29.1 Å². The average molecular weight is 377 g/mol. The molecule has 0 bridgehead atoms. The van der Waals surface area contributed by atoms with Crippen LogP contribution in [0.4, 0.5) is 5.69 Å². The number of fused-ring (bicyclic) bond motifs is 1. The number of hydrogen-bond acceptors (Lipinski definition) is 5. The lowest BCUT2D eigenvalue weighted by atomic mass is 10.2. The molecule has 1 aliphatic rings. The molecule has 26 heavy (non-hydrogen) atoms. The molecule has 1 aliphatic heterocycles.